The van der Waals surface area contributed by atoms with Crippen molar-refractivity contribution in [3.63, 3.8) is 0 Å². The summed E-state index contributed by atoms with van der Waals surface area (Å²) in [4.78, 5) is 2.28. The lowest BCUT2D eigenvalue weighted by molar-refractivity contribution is 0.669. The Labute approximate surface area is 312 Å². The highest BCUT2D eigenvalue weighted by atomic mass is 16.3. The summed E-state index contributed by atoms with van der Waals surface area (Å²) >= 11 is 0. The van der Waals surface area contributed by atoms with E-state index < -0.39 is 5.41 Å². The number of fused-ring (bicyclic) bond motifs is 6. The number of hydrogen-bond acceptors (Lipinski definition) is 2. The predicted molar refractivity (Wildman–Crippen MR) is 221 cm³/mol. The van der Waals surface area contributed by atoms with Crippen LogP contribution in [0.2, 0.25) is 0 Å². The normalized spacial score (nSPS) is 13.9. The average molecular weight is 680 g/mol. The van der Waals surface area contributed by atoms with E-state index in [0.717, 1.165) is 39.0 Å². The van der Waals surface area contributed by atoms with E-state index in [1.807, 2.05) is 60.7 Å². The van der Waals surface area contributed by atoms with Crippen LogP contribution in [0.1, 0.15) is 36.1 Å². The molecular formula is C51H35NO. The van der Waals surface area contributed by atoms with Crippen LogP contribution in [0, 0.1) is 0 Å². The molecule has 0 bridgehead atoms. The largest absolute Gasteiger partial charge is 0.456 e. The van der Waals surface area contributed by atoms with Crippen molar-refractivity contribution in [3.05, 3.63) is 234 Å². The van der Waals surface area contributed by atoms with Gasteiger partial charge in [0, 0.05) is 27.8 Å². The molecule has 0 amide bonds. The maximum Gasteiger partial charge on any atom is 0.135 e. The highest BCUT2D eigenvalue weighted by Gasteiger charge is 2.46. The molecule has 8 aromatic carbocycles. The van der Waals surface area contributed by atoms with Crippen molar-refractivity contribution in [1.29, 1.82) is 0 Å². The Hall–Kier alpha value is -6.90. The van der Waals surface area contributed by atoms with E-state index >= 15 is 0 Å². The topological polar surface area (TPSA) is 16.4 Å². The quantitative estimate of drug-likeness (QED) is 0.156. The molecule has 2 heteroatoms. The first-order valence-corrected chi connectivity index (χ1v) is 18.0. The van der Waals surface area contributed by atoms with E-state index in [9.17, 15) is 0 Å². The van der Waals surface area contributed by atoms with E-state index in [4.69, 9.17) is 7.16 Å². The molecule has 0 aliphatic heterocycles. The molecule has 0 saturated heterocycles. The van der Waals surface area contributed by atoms with E-state index in [0.29, 0.717) is 11.1 Å². The van der Waals surface area contributed by atoms with Gasteiger partial charge in [-0.2, -0.15) is 0 Å². The fourth-order valence-corrected chi connectivity index (χ4v) is 8.24. The lowest BCUT2D eigenvalue weighted by Gasteiger charge is -2.35. The molecule has 1 aliphatic rings. The number of rotatable bonds is 7. The van der Waals surface area contributed by atoms with Crippen molar-refractivity contribution >= 4 is 51.1 Å². The molecule has 0 fully saturated rings. The maximum absolute atomic E-state index is 9.11. The molecule has 0 unspecified atom stereocenters. The maximum atomic E-state index is 9.11. The van der Waals surface area contributed by atoms with Crippen molar-refractivity contribution in [3.8, 4) is 11.1 Å². The van der Waals surface area contributed by atoms with Gasteiger partial charge >= 0.3 is 0 Å². The summed E-state index contributed by atoms with van der Waals surface area (Å²) in [6.45, 7) is 0. The van der Waals surface area contributed by atoms with Gasteiger partial charge in [-0.1, -0.05) is 158 Å². The molecule has 53 heavy (non-hydrogen) atoms. The van der Waals surface area contributed by atoms with Crippen LogP contribution in [0.5, 0.6) is 0 Å². The lowest BCUT2D eigenvalue weighted by atomic mass is 9.67. The summed E-state index contributed by atoms with van der Waals surface area (Å²) in [5.74, 6) is 0. The minimum Gasteiger partial charge on any atom is -0.456 e. The smallest absolute Gasteiger partial charge is 0.135 e. The number of benzene rings is 8. The van der Waals surface area contributed by atoms with Crippen LogP contribution in [-0.4, -0.2) is 0 Å². The number of anilines is 3. The highest BCUT2D eigenvalue weighted by molar-refractivity contribution is 6.05. The molecule has 0 radical (unpaired) electrons. The van der Waals surface area contributed by atoms with E-state index in [2.05, 4.69) is 144 Å². The Morgan fingerprint density at radius 2 is 0.962 bits per heavy atom. The summed E-state index contributed by atoms with van der Waals surface area (Å²) in [6, 6.07) is 69.8. The molecule has 1 heterocycles. The average Bonchev–Trinajstić information content (AvgIpc) is 3.78. The van der Waals surface area contributed by atoms with Gasteiger partial charge in [0.15, 0.2) is 0 Å². The van der Waals surface area contributed by atoms with Gasteiger partial charge < -0.3 is 9.32 Å². The summed E-state index contributed by atoms with van der Waals surface area (Å²) in [6.07, 6.45) is 0. The van der Waals surface area contributed by atoms with E-state index in [1.165, 1.54) is 33.4 Å². The Kier molecular flexibility index (Phi) is 6.89. The van der Waals surface area contributed by atoms with Gasteiger partial charge in [-0.05, 0) is 99.1 Å². The van der Waals surface area contributed by atoms with Crippen molar-refractivity contribution in [1.82, 2.24) is 0 Å². The second-order valence-corrected chi connectivity index (χ2v) is 13.5. The van der Waals surface area contributed by atoms with Crippen LogP contribution in [0.4, 0.5) is 17.1 Å². The van der Waals surface area contributed by atoms with Crippen LogP contribution in [0.3, 0.4) is 0 Å². The zero-order valence-electron chi connectivity index (χ0n) is 30.9. The first kappa shape index (κ1) is 28.8. The third-order valence-electron chi connectivity index (χ3n) is 10.6. The molecule has 1 aliphatic carbocycles. The van der Waals surface area contributed by atoms with Crippen molar-refractivity contribution in [2.75, 3.05) is 4.90 Å². The van der Waals surface area contributed by atoms with Gasteiger partial charge in [0.25, 0.3) is 0 Å². The zero-order valence-corrected chi connectivity index (χ0v) is 28.9. The van der Waals surface area contributed by atoms with Gasteiger partial charge in [-0.15, -0.1) is 0 Å². The number of furan rings is 1. The molecule has 0 N–H and O–H groups in total. The standard InChI is InChI=1S/C51H35NO/c1-4-14-38(15-5-1)51(39-16-6-2-7-17-39)47-22-12-10-20-43(47)44-32-31-42(35-48(44)51)52(40-18-8-3-9-19-40)41-29-26-36(27-30-41)24-25-37-28-33-50-46(34-37)45-21-11-13-23-49(45)53-50/h1-35H/b25-24+/i24D,25D. The van der Waals surface area contributed by atoms with Gasteiger partial charge in [-0.3, -0.25) is 0 Å². The molecule has 1 aromatic heterocycles. The fourth-order valence-electron chi connectivity index (χ4n) is 8.24. The highest BCUT2D eigenvalue weighted by Crippen LogP contribution is 2.57. The monoisotopic (exact) mass is 679 g/mol. The third kappa shape index (κ3) is 5.11. The molecule has 0 saturated carbocycles. The minimum absolute atomic E-state index is 0.163. The Bertz CT molecular complexity index is 2840. The molecule has 10 rings (SSSR count). The zero-order chi connectivity index (χ0) is 36.9. The second kappa shape index (κ2) is 12.7. The SMILES string of the molecule is [2H]/C(=C(/[2H])c1ccc2oc3ccccc3c2c1)c1ccc(N(c2ccccc2)c2ccc3c(c2)C(c2ccccc2)(c2ccccc2)c2ccccc2-3)cc1. The Morgan fingerprint density at radius 3 is 1.72 bits per heavy atom. The molecule has 9 aromatic rings. The fraction of sp³-hybridized carbons (Fsp3) is 0.0196. The van der Waals surface area contributed by atoms with Gasteiger partial charge in [0.05, 0.1) is 8.16 Å². The van der Waals surface area contributed by atoms with Crippen LogP contribution in [-0.2, 0) is 5.41 Å². The first-order chi connectivity index (χ1) is 27.1. The van der Waals surface area contributed by atoms with Crippen molar-refractivity contribution < 1.29 is 7.16 Å². The molecule has 250 valence electrons. The Balaban J connectivity index is 1.10. The summed E-state index contributed by atoms with van der Waals surface area (Å²) in [7, 11) is 0. The van der Waals surface area contributed by atoms with Crippen LogP contribution < -0.4 is 4.90 Å². The third-order valence-corrected chi connectivity index (χ3v) is 10.6. The lowest BCUT2D eigenvalue weighted by Crippen LogP contribution is -2.28. The minimum atomic E-state index is -0.516. The first-order valence-electron chi connectivity index (χ1n) is 19.0. The number of para-hydroxylation sites is 2. The van der Waals surface area contributed by atoms with Gasteiger partial charge in [-0.25, -0.2) is 0 Å². The van der Waals surface area contributed by atoms with Crippen LogP contribution >= 0.6 is 0 Å². The van der Waals surface area contributed by atoms with Crippen LogP contribution in [0.15, 0.2) is 205 Å². The number of nitrogens with zero attached hydrogens (tertiary/aromatic N) is 1. The van der Waals surface area contributed by atoms with Crippen LogP contribution in [0.25, 0.3) is 45.2 Å². The van der Waals surface area contributed by atoms with Crippen molar-refractivity contribution in [2.24, 2.45) is 0 Å². The van der Waals surface area contributed by atoms with E-state index in [1.54, 1.807) is 0 Å². The predicted octanol–water partition coefficient (Wildman–Crippen LogP) is 13.6. The second-order valence-electron chi connectivity index (χ2n) is 13.5. The molecule has 0 spiro atoms. The molecule has 2 nitrogen and oxygen atoms in total. The van der Waals surface area contributed by atoms with Crippen molar-refractivity contribution in [2.45, 2.75) is 5.41 Å². The van der Waals surface area contributed by atoms with Gasteiger partial charge in [0.2, 0.25) is 0 Å². The molecule has 0 atom stereocenters. The summed E-state index contributed by atoms with van der Waals surface area (Å²) < 4.78 is 24.2. The number of hydrogen-bond donors (Lipinski definition) is 0. The van der Waals surface area contributed by atoms with Gasteiger partial charge in [0.1, 0.15) is 11.2 Å². The molecular weight excluding hydrogens is 643 g/mol. The summed E-state index contributed by atoms with van der Waals surface area (Å²) in [5.41, 5.74) is 12.9. The van der Waals surface area contributed by atoms with E-state index in [-0.39, 0.29) is 12.1 Å². The Morgan fingerprint density at radius 1 is 0.415 bits per heavy atom. The summed E-state index contributed by atoms with van der Waals surface area (Å²) in [5, 5.41) is 1.95.